The monoisotopic (exact) mass is 357 g/mol. The lowest BCUT2D eigenvalue weighted by Gasteiger charge is -2.22. The number of methoxy groups -OCH3 is 2. The van der Waals surface area contributed by atoms with E-state index in [4.69, 9.17) is 26.8 Å². The SMILES string of the molecule is COc1ccc([C@@H](N)[C@@H](O)Cc2ccccc2)c(Cl)c1OC.Cl. The van der Waals surface area contributed by atoms with E-state index in [1.807, 2.05) is 30.3 Å². The molecule has 0 aliphatic rings. The molecule has 2 rings (SSSR count). The van der Waals surface area contributed by atoms with E-state index in [1.165, 1.54) is 14.2 Å². The van der Waals surface area contributed by atoms with Gasteiger partial charge >= 0.3 is 0 Å². The molecule has 0 fully saturated rings. The summed E-state index contributed by atoms with van der Waals surface area (Å²) in [5, 5.41) is 10.7. The maximum atomic E-state index is 10.4. The second-order valence-electron chi connectivity index (χ2n) is 4.99. The van der Waals surface area contributed by atoms with Crippen molar-refractivity contribution in [1.29, 1.82) is 0 Å². The predicted molar refractivity (Wildman–Crippen MR) is 94.9 cm³/mol. The lowest BCUT2D eigenvalue weighted by molar-refractivity contribution is 0.145. The molecule has 2 atom stereocenters. The van der Waals surface area contributed by atoms with E-state index in [-0.39, 0.29) is 12.4 Å². The second kappa shape index (κ2) is 8.99. The molecule has 23 heavy (non-hydrogen) atoms. The quantitative estimate of drug-likeness (QED) is 0.831. The standard InChI is InChI=1S/C17H20ClNO3.ClH/c1-21-14-9-8-12(15(18)17(14)22-2)16(19)13(20)10-11-6-4-3-5-7-11;/h3-9,13,16,20H,10,19H2,1-2H3;1H/t13-,16+;/m0./s1. The highest BCUT2D eigenvalue weighted by atomic mass is 35.5. The van der Waals surface area contributed by atoms with Crippen LogP contribution >= 0.6 is 24.0 Å². The Balaban J connectivity index is 0.00000264. The molecule has 0 radical (unpaired) electrons. The zero-order valence-corrected chi connectivity index (χ0v) is 14.6. The number of halogens is 2. The first-order valence-electron chi connectivity index (χ1n) is 6.96. The van der Waals surface area contributed by atoms with Crippen LogP contribution in [-0.2, 0) is 6.42 Å². The summed E-state index contributed by atoms with van der Waals surface area (Å²) in [5.74, 6) is 0.949. The number of hydrogen-bond acceptors (Lipinski definition) is 4. The van der Waals surface area contributed by atoms with E-state index >= 15 is 0 Å². The zero-order chi connectivity index (χ0) is 16.1. The summed E-state index contributed by atoms with van der Waals surface area (Å²) in [6.07, 6.45) is -0.301. The van der Waals surface area contributed by atoms with Gasteiger partial charge in [-0.25, -0.2) is 0 Å². The van der Waals surface area contributed by atoms with Gasteiger partial charge in [-0.1, -0.05) is 48.0 Å². The van der Waals surface area contributed by atoms with Crippen LogP contribution in [0.15, 0.2) is 42.5 Å². The van der Waals surface area contributed by atoms with Crippen molar-refractivity contribution in [3.8, 4) is 11.5 Å². The summed E-state index contributed by atoms with van der Waals surface area (Å²) in [6, 6.07) is 12.6. The third-order valence-electron chi connectivity index (χ3n) is 3.58. The number of nitrogens with two attached hydrogens (primary N) is 1. The van der Waals surface area contributed by atoms with Crippen molar-refractivity contribution in [2.75, 3.05) is 14.2 Å². The lowest BCUT2D eigenvalue weighted by atomic mass is 9.96. The molecule has 126 valence electrons. The number of rotatable bonds is 6. The van der Waals surface area contributed by atoms with Gasteiger partial charge in [-0.2, -0.15) is 0 Å². The molecule has 0 unspecified atom stereocenters. The zero-order valence-electron chi connectivity index (χ0n) is 13.0. The summed E-state index contributed by atoms with van der Waals surface area (Å²) >= 11 is 6.34. The van der Waals surface area contributed by atoms with Crippen LogP contribution in [0, 0.1) is 0 Å². The third kappa shape index (κ3) is 4.52. The summed E-state index contributed by atoms with van der Waals surface area (Å²) in [5.41, 5.74) is 7.81. The first kappa shape index (κ1) is 19.6. The van der Waals surface area contributed by atoms with Crippen LogP contribution in [0.5, 0.6) is 11.5 Å². The van der Waals surface area contributed by atoms with Gasteiger partial charge in [-0.05, 0) is 17.2 Å². The Morgan fingerprint density at radius 2 is 1.74 bits per heavy atom. The van der Waals surface area contributed by atoms with Crippen LogP contribution in [0.4, 0.5) is 0 Å². The summed E-state index contributed by atoms with van der Waals surface area (Å²) < 4.78 is 10.5. The first-order valence-corrected chi connectivity index (χ1v) is 7.34. The largest absolute Gasteiger partial charge is 0.493 e. The average molecular weight is 358 g/mol. The van der Waals surface area contributed by atoms with E-state index < -0.39 is 12.1 Å². The molecule has 0 aliphatic heterocycles. The molecule has 0 heterocycles. The van der Waals surface area contributed by atoms with Crippen LogP contribution in [0.3, 0.4) is 0 Å². The average Bonchev–Trinajstić information content (AvgIpc) is 2.54. The molecule has 0 aromatic heterocycles. The molecule has 2 aromatic rings. The Hall–Kier alpha value is -1.46. The molecule has 0 saturated carbocycles. The molecule has 4 nitrogen and oxygen atoms in total. The molecule has 0 bridgehead atoms. The fourth-order valence-electron chi connectivity index (χ4n) is 2.35. The van der Waals surface area contributed by atoms with Crippen molar-refractivity contribution in [2.45, 2.75) is 18.6 Å². The molecule has 3 N–H and O–H groups in total. The highest BCUT2D eigenvalue weighted by molar-refractivity contribution is 6.33. The Kier molecular flexibility index (Phi) is 7.65. The normalized spacial score (nSPS) is 12.9. The minimum absolute atomic E-state index is 0. The Bertz CT molecular complexity index is 623. The first-order chi connectivity index (χ1) is 10.6. The number of benzene rings is 2. The number of ether oxygens (including phenoxy) is 2. The summed E-state index contributed by atoms with van der Waals surface area (Å²) in [7, 11) is 3.05. The molecule has 6 heteroatoms. The van der Waals surface area contributed by atoms with E-state index in [1.54, 1.807) is 12.1 Å². The van der Waals surface area contributed by atoms with E-state index in [0.29, 0.717) is 28.5 Å². The van der Waals surface area contributed by atoms with Crippen molar-refractivity contribution in [2.24, 2.45) is 5.73 Å². The van der Waals surface area contributed by atoms with Crippen LogP contribution in [0.1, 0.15) is 17.2 Å². The minimum Gasteiger partial charge on any atom is -0.493 e. The Labute approximate surface area is 147 Å². The van der Waals surface area contributed by atoms with Crippen molar-refractivity contribution < 1.29 is 14.6 Å². The minimum atomic E-state index is -0.752. The maximum Gasteiger partial charge on any atom is 0.179 e. The molecule has 0 aliphatic carbocycles. The Morgan fingerprint density at radius 1 is 1.09 bits per heavy atom. The van der Waals surface area contributed by atoms with Gasteiger partial charge in [0.25, 0.3) is 0 Å². The molecular formula is C17H21Cl2NO3. The molecule has 0 amide bonds. The van der Waals surface area contributed by atoms with E-state index in [2.05, 4.69) is 0 Å². The Morgan fingerprint density at radius 3 is 2.30 bits per heavy atom. The highest BCUT2D eigenvalue weighted by Crippen LogP contribution is 2.39. The fourth-order valence-corrected chi connectivity index (χ4v) is 2.71. The smallest absolute Gasteiger partial charge is 0.179 e. The highest BCUT2D eigenvalue weighted by Gasteiger charge is 2.23. The van der Waals surface area contributed by atoms with Gasteiger partial charge in [-0.3, -0.25) is 0 Å². The van der Waals surface area contributed by atoms with Crippen molar-refractivity contribution >= 4 is 24.0 Å². The third-order valence-corrected chi connectivity index (χ3v) is 3.97. The molecule has 0 saturated heterocycles. The molecule has 2 aromatic carbocycles. The fraction of sp³-hybridized carbons (Fsp3) is 0.294. The van der Waals surface area contributed by atoms with Gasteiger partial charge in [0.2, 0.25) is 0 Å². The predicted octanol–water partition coefficient (Wildman–Crippen LogP) is 3.38. The topological polar surface area (TPSA) is 64.7 Å². The second-order valence-corrected chi connectivity index (χ2v) is 5.37. The van der Waals surface area contributed by atoms with Crippen LogP contribution in [0.25, 0.3) is 0 Å². The number of aliphatic hydroxyl groups excluding tert-OH is 1. The van der Waals surface area contributed by atoms with Crippen LogP contribution in [0.2, 0.25) is 5.02 Å². The van der Waals surface area contributed by atoms with Gasteiger partial charge in [-0.15, -0.1) is 12.4 Å². The van der Waals surface area contributed by atoms with E-state index in [9.17, 15) is 5.11 Å². The van der Waals surface area contributed by atoms with Crippen molar-refractivity contribution in [3.63, 3.8) is 0 Å². The van der Waals surface area contributed by atoms with Gasteiger partial charge in [0.15, 0.2) is 11.5 Å². The number of aliphatic hydroxyl groups is 1. The van der Waals surface area contributed by atoms with Crippen molar-refractivity contribution in [3.05, 3.63) is 58.6 Å². The molecular weight excluding hydrogens is 337 g/mol. The van der Waals surface area contributed by atoms with Gasteiger partial charge in [0.05, 0.1) is 31.4 Å². The van der Waals surface area contributed by atoms with Crippen LogP contribution in [-0.4, -0.2) is 25.4 Å². The van der Waals surface area contributed by atoms with E-state index in [0.717, 1.165) is 5.56 Å². The molecule has 0 spiro atoms. The van der Waals surface area contributed by atoms with Crippen LogP contribution < -0.4 is 15.2 Å². The summed E-state index contributed by atoms with van der Waals surface area (Å²) in [4.78, 5) is 0. The lowest BCUT2D eigenvalue weighted by Crippen LogP contribution is -2.28. The van der Waals surface area contributed by atoms with Gasteiger partial charge in [0, 0.05) is 6.42 Å². The summed E-state index contributed by atoms with van der Waals surface area (Å²) in [6.45, 7) is 0. The van der Waals surface area contributed by atoms with Crippen molar-refractivity contribution in [1.82, 2.24) is 0 Å². The van der Waals surface area contributed by atoms with Gasteiger partial charge in [0.1, 0.15) is 0 Å². The number of hydrogen-bond donors (Lipinski definition) is 2. The van der Waals surface area contributed by atoms with Gasteiger partial charge < -0.3 is 20.3 Å². The maximum absolute atomic E-state index is 10.4.